The summed E-state index contributed by atoms with van der Waals surface area (Å²) < 4.78 is 0. The van der Waals surface area contributed by atoms with Gasteiger partial charge in [-0.15, -0.1) is 0 Å². The van der Waals surface area contributed by atoms with Gasteiger partial charge >= 0.3 is 0 Å². The molecule has 0 heterocycles. The maximum Gasteiger partial charge on any atom is 0.185 e. The molecule has 10 heavy (non-hydrogen) atoms. The Balaban J connectivity index is 4.11. The van der Waals surface area contributed by atoms with Crippen molar-refractivity contribution in [2.24, 2.45) is 0 Å². The van der Waals surface area contributed by atoms with E-state index in [1.165, 1.54) is 4.90 Å². The Bertz CT molecular complexity index is 155. The molecule has 1 N–H and O–H groups in total. The van der Waals surface area contributed by atoms with E-state index >= 15 is 0 Å². The highest BCUT2D eigenvalue weighted by molar-refractivity contribution is 5.80. The van der Waals surface area contributed by atoms with Gasteiger partial charge in [0.05, 0.1) is 0 Å². The van der Waals surface area contributed by atoms with E-state index in [9.17, 15) is 0 Å². The molecule has 0 spiro atoms. The van der Waals surface area contributed by atoms with Crippen molar-refractivity contribution in [2.45, 2.75) is 33.2 Å². The highest BCUT2D eigenvalue weighted by atomic mass is 15.2. The minimum atomic E-state index is 0.109. The van der Waals surface area contributed by atoms with Gasteiger partial charge in [0, 0.05) is 12.5 Å². The van der Waals surface area contributed by atoms with Gasteiger partial charge < -0.3 is 0 Å². The van der Waals surface area contributed by atoms with Crippen molar-refractivity contribution >= 4 is 5.84 Å². The highest BCUT2D eigenvalue weighted by Crippen LogP contribution is 1.98. The third kappa shape index (κ3) is 2.06. The maximum absolute atomic E-state index is 8.53. The van der Waals surface area contributed by atoms with Crippen LogP contribution < -0.4 is 0 Å². The fraction of sp³-hybridized carbons (Fsp3) is 0.714. The SMILES string of the molecule is CCC(=N)N(C#N)C(C)C. The second-order valence-electron chi connectivity index (χ2n) is 2.36. The monoisotopic (exact) mass is 139 g/mol. The third-order valence-electron chi connectivity index (χ3n) is 1.25. The minimum absolute atomic E-state index is 0.109. The zero-order valence-corrected chi connectivity index (χ0v) is 6.68. The molecule has 0 unspecified atom stereocenters. The number of nitriles is 1. The van der Waals surface area contributed by atoms with Crippen molar-refractivity contribution in [1.29, 1.82) is 10.7 Å². The Morgan fingerprint density at radius 1 is 1.70 bits per heavy atom. The Labute approximate surface area is 61.8 Å². The number of amidine groups is 1. The van der Waals surface area contributed by atoms with Gasteiger partial charge in [-0.05, 0) is 13.8 Å². The van der Waals surface area contributed by atoms with Crippen molar-refractivity contribution in [1.82, 2.24) is 4.90 Å². The molecule has 3 heteroatoms. The number of nitrogens with one attached hydrogen (secondary N) is 1. The van der Waals surface area contributed by atoms with E-state index in [0.29, 0.717) is 12.3 Å². The molecule has 56 valence electrons. The van der Waals surface area contributed by atoms with E-state index in [-0.39, 0.29) is 6.04 Å². The molecular weight excluding hydrogens is 126 g/mol. The molecule has 3 nitrogen and oxygen atoms in total. The molecule has 0 amide bonds. The highest BCUT2D eigenvalue weighted by Gasteiger charge is 2.09. The van der Waals surface area contributed by atoms with Crippen LogP contribution in [0.15, 0.2) is 0 Å². The van der Waals surface area contributed by atoms with E-state index in [0.717, 1.165) is 0 Å². The summed E-state index contributed by atoms with van der Waals surface area (Å²) in [5.74, 6) is 0.387. The van der Waals surface area contributed by atoms with Crippen LogP contribution in [0.3, 0.4) is 0 Å². The lowest BCUT2D eigenvalue weighted by molar-refractivity contribution is 0.463. The van der Waals surface area contributed by atoms with Crippen LogP contribution in [0.5, 0.6) is 0 Å². The molecule has 0 aliphatic carbocycles. The summed E-state index contributed by atoms with van der Waals surface area (Å²) in [6.45, 7) is 5.66. The van der Waals surface area contributed by atoms with Gasteiger partial charge in [-0.1, -0.05) is 6.92 Å². The summed E-state index contributed by atoms with van der Waals surface area (Å²) in [5, 5.41) is 15.9. The molecule has 0 radical (unpaired) electrons. The Morgan fingerprint density at radius 3 is 2.30 bits per heavy atom. The lowest BCUT2D eigenvalue weighted by Gasteiger charge is -2.18. The Hall–Kier alpha value is -1.04. The lowest BCUT2D eigenvalue weighted by Crippen LogP contribution is -2.31. The third-order valence-corrected chi connectivity index (χ3v) is 1.25. The van der Waals surface area contributed by atoms with Gasteiger partial charge in [-0.2, -0.15) is 5.26 Å². The predicted molar refractivity (Wildman–Crippen MR) is 40.6 cm³/mol. The second kappa shape index (κ2) is 3.89. The summed E-state index contributed by atoms with van der Waals surface area (Å²) in [7, 11) is 0. The van der Waals surface area contributed by atoms with Crippen LogP contribution in [0.25, 0.3) is 0 Å². The normalized spacial score (nSPS) is 9.10. The molecule has 0 saturated carbocycles. The number of rotatable bonds is 2. The fourth-order valence-corrected chi connectivity index (χ4v) is 0.658. The predicted octanol–water partition coefficient (Wildman–Crippen LogP) is 1.57. The van der Waals surface area contributed by atoms with Crippen LogP contribution in [0, 0.1) is 16.9 Å². The van der Waals surface area contributed by atoms with Crippen LogP contribution in [-0.4, -0.2) is 16.8 Å². The summed E-state index contributed by atoms with van der Waals surface area (Å²) in [6, 6.07) is 0.109. The summed E-state index contributed by atoms with van der Waals surface area (Å²) in [4.78, 5) is 1.40. The van der Waals surface area contributed by atoms with E-state index in [4.69, 9.17) is 10.7 Å². The molecule has 0 aromatic heterocycles. The Morgan fingerprint density at radius 2 is 2.20 bits per heavy atom. The number of nitrogens with zero attached hydrogens (tertiary/aromatic N) is 2. The van der Waals surface area contributed by atoms with Crippen molar-refractivity contribution in [3.05, 3.63) is 0 Å². The number of hydrogen-bond donors (Lipinski definition) is 1. The van der Waals surface area contributed by atoms with E-state index < -0.39 is 0 Å². The molecular formula is C7H13N3. The number of hydrogen-bond acceptors (Lipinski definition) is 2. The van der Waals surface area contributed by atoms with Gasteiger partial charge in [0.25, 0.3) is 0 Å². The fourth-order valence-electron chi connectivity index (χ4n) is 0.658. The first-order valence-corrected chi connectivity index (χ1v) is 3.39. The van der Waals surface area contributed by atoms with Crippen LogP contribution in [0.4, 0.5) is 0 Å². The molecule has 0 fully saturated rings. The van der Waals surface area contributed by atoms with Crippen LogP contribution in [-0.2, 0) is 0 Å². The molecule has 0 bridgehead atoms. The van der Waals surface area contributed by atoms with Gasteiger partial charge in [0.15, 0.2) is 6.19 Å². The van der Waals surface area contributed by atoms with Crippen molar-refractivity contribution in [3.63, 3.8) is 0 Å². The summed E-state index contributed by atoms with van der Waals surface area (Å²) in [6.07, 6.45) is 2.58. The Kier molecular flexibility index (Phi) is 3.48. The van der Waals surface area contributed by atoms with E-state index in [1.54, 1.807) is 0 Å². The van der Waals surface area contributed by atoms with Crippen molar-refractivity contribution in [2.75, 3.05) is 0 Å². The minimum Gasteiger partial charge on any atom is -0.288 e. The standard InChI is InChI=1S/C7H13N3/c1-4-7(9)10(5-8)6(2)3/h6,9H,4H2,1-3H3. The van der Waals surface area contributed by atoms with Crippen LogP contribution in [0.1, 0.15) is 27.2 Å². The van der Waals surface area contributed by atoms with E-state index in [1.807, 2.05) is 27.0 Å². The molecule has 0 rings (SSSR count). The first-order chi connectivity index (χ1) is 4.63. The summed E-state index contributed by atoms with van der Waals surface area (Å²) in [5.41, 5.74) is 0. The molecule has 0 aromatic rings. The molecule has 0 aromatic carbocycles. The average Bonchev–Trinajstić information content (AvgIpc) is 1.88. The van der Waals surface area contributed by atoms with Gasteiger partial charge in [0.2, 0.25) is 0 Å². The topological polar surface area (TPSA) is 50.9 Å². The van der Waals surface area contributed by atoms with Crippen LogP contribution in [0.2, 0.25) is 0 Å². The zero-order chi connectivity index (χ0) is 8.15. The lowest BCUT2D eigenvalue weighted by atomic mass is 10.3. The molecule has 0 aliphatic heterocycles. The van der Waals surface area contributed by atoms with Crippen LogP contribution >= 0.6 is 0 Å². The first-order valence-electron chi connectivity index (χ1n) is 3.39. The van der Waals surface area contributed by atoms with E-state index in [2.05, 4.69) is 0 Å². The maximum atomic E-state index is 8.53. The van der Waals surface area contributed by atoms with Gasteiger partial charge in [0.1, 0.15) is 5.84 Å². The van der Waals surface area contributed by atoms with Crippen molar-refractivity contribution in [3.8, 4) is 6.19 Å². The zero-order valence-electron chi connectivity index (χ0n) is 6.68. The smallest absolute Gasteiger partial charge is 0.185 e. The second-order valence-corrected chi connectivity index (χ2v) is 2.36. The van der Waals surface area contributed by atoms with Crippen molar-refractivity contribution < 1.29 is 0 Å². The quantitative estimate of drug-likeness (QED) is 0.273. The first kappa shape index (κ1) is 8.96. The average molecular weight is 139 g/mol. The molecule has 0 aliphatic rings. The van der Waals surface area contributed by atoms with Gasteiger partial charge in [-0.3, -0.25) is 10.3 Å². The largest absolute Gasteiger partial charge is 0.288 e. The molecule has 0 saturated heterocycles. The van der Waals surface area contributed by atoms with Gasteiger partial charge in [-0.25, -0.2) is 0 Å². The molecule has 0 atom stereocenters. The summed E-state index contributed by atoms with van der Waals surface area (Å²) >= 11 is 0.